The maximum absolute atomic E-state index is 12.4. The second kappa shape index (κ2) is 9.43. The molecule has 2 atom stereocenters. The van der Waals surface area contributed by atoms with E-state index >= 15 is 0 Å². The van der Waals surface area contributed by atoms with E-state index in [0.29, 0.717) is 37.2 Å². The summed E-state index contributed by atoms with van der Waals surface area (Å²) in [6.07, 6.45) is 7.33. The second-order valence-electron chi connectivity index (χ2n) is 9.40. The zero-order valence-electron chi connectivity index (χ0n) is 19.5. The van der Waals surface area contributed by atoms with E-state index in [-0.39, 0.29) is 11.9 Å². The smallest absolute Gasteiger partial charge is 0.312 e. The van der Waals surface area contributed by atoms with Gasteiger partial charge >= 0.3 is 5.97 Å². The predicted octanol–water partition coefficient (Wildman–Crippen LogP) is 4.81. The highest BCUT2D eigenvalue weighted by Gasteiger charge is 2.59. The number of hydrogen-bond acceptors (Lipinski definition) is 7. The molecule has 0 unspecified atom stereocenters. The number of esters is 1. The number of hydrogen-bond donors (Lipinski definition) is 0. The lowest BCUT2D eigenvalue weighted by molar-refractivity contribution is -0.149. The Morgan fingerprint density at radius 3 is 2.72 bits per heavy atom. The van der Waals surface area contributed by atoms with Crippen molar-refractivity contribution in [3.8, 4) is 22.9 Å². The largest absolute Gasteiger partial charge is 0.495 e. The minimum Gasteiger partial charge on any atom is -0.495 e. The quantitative estimate of drug-likeness (QED) is 0.546. The van der Waals surface area contributed by atoms with Crippen LogP contribution in [0.25, 0.3) is 11.3 Å². The Morgan fingerprint density at radius 1 is 1.22 bits per heavy atom. The van der Waals surface area contributed by atoms with Crippen molar-refractivity contribution < 1.29 is 19.0 Å². The van der Waals surface area contributed by atoms with Crippen LogP contribution in [0, 0.1) is 17.3 Å². The highest BCUT2D eigenvalue weighted by molar-refractivity contribution is 5.82. The number of ether oxygens (including phenoxy) is 3. The minimum absolute atomic E-state index is 0.0318. The van der Waals surface area contributed by atoms with Gasteiger partial charge in [0.2, 0.25) is 5.88 Å². The molecule has 0 aromatic carbocycles. The summed E-state index contributed by atoms with van der Waals surface area (Å²) < 4.78 is 16.8. The van der Waals surface area contributed by atoms with Gasteiger partial charge in [0.1, 0.15) is 5.75 Å². The Kier molecular flexibility index (Phi) is 6.63. The van der Waals surface area contributed by atoms with E-state index in [1.54, 1.807) is 13.3 Å². The van der Waals surface area contributed by atoms with Crippen LogP contribution in [0.5, 0.6) is 11.6 Å². The Hall–Kier alpha value is -2.70. The number of nitrogens with zero attached hydrogens (tertiary/aromatic N) is 3. The molecular weight excluding hydrogens is 406 g/mol. The van der Waals surface area contributed by atoms with E-state index in [1.807, 2.05) is 32.0 Å². The zero-order chi connectivity index (χ0) is 22.7. The van der Waals surface area contributed by atoms with Crippen molar-refractivity contribution in [1.29, 1.82) is 0 Å². The van der Waals surface area contributed by atoms with Gasteiger partial charge in [-0.15, -0.1) is 5.10 Å². The fourth-order valence-corrected chi connectivity index (χ4v) is 4.59. The van der Waals surface area contributed by atoms with Crippen molar-refractivity contribution in [2.45, 2.75) is 58.8 Å². The van der Waals surface area contributed by atoms with E-state index in [4.69, 9.17) is 19.2 Å². The lowest BCUT2D eigenvalue weighted by atomic mass is 9.83. The summed E-state index contributed by atoms with van der Waals surface area (Å²) in [7, 11) is 1.62. The van der Waals surface area contributed by atoms with Gasteiger partial charge in [-0.05, 0) is 57.1 Å². The molecular formula is C25H33N3O4. The fourth-order valence-electron chi connectivity index (χ4n) is 4.59. The molecule has 2 saturated carbocycles. The summed E-state index contributed by atoms with van der Waals surface area (Å²) in [5.74, 6) is 2.38. The highest BCUT2D eigenvalue weighted by Crippen LogP contribution is 2.61. The molecule has 2 aromatic heterocycles. The third kappa shape index (κ3) is 4.71. The monoisotopic (exact) mass is 439 g/mol. The van der Waals surface area contributed by atoms with Gasteiger partial charge in [-0.3, -0.25) is 4.79 Å². The SMILES string of the molecule is CCOC(=O)[C@@]1(C)C[C@@H]1c1nc(-c2cnnc(OCC3CCC(C)CC3)c2)ccc1OC. The molecule has 0 saturated heterocycles. The molecule has 2 heterocycles. The molecule has 32 heavy (non-hydrogen) atoms. The highest BCUT2D eigenvalue weighted by atomic mass is 16.5. The summed E-state index contributed by atoms with van der Waals surface area (Å²) in [5.41, 5.74) is 1.80. The normalized spacial score (nSPS) is 26.9. The van der Waals surface area contributed by atoms with Crippen LogP contribution >= 0.6 is 0 Å². The number of aromatic nitrogens is 3. The number of rotatable bonds is 8. The van der Waals surface area contributed by atoms with Crippen LogP contribution in [0.2, 0.25) is 0 Å². The van der Waals surface area contributed by atoms with E-state index in [1.165, 1.54) is 25.7 Å². The van der Waals surface area contributed by atoms with Crippen LogP contribution in [0.3, 0.4) is 0 Å². The first-order valence-corrected chi connectivity index (χ1v) is 11.6. The van der Waals surface area contributed by atoms with E-state index in [0.717, 1.165) is 22.9 Å². The number of carbonyl (C=O) groups excluding carboxylic acids is 1. The summed E-state index contributed by atoms with van der Waals surface area (Å²) in [6.45, 7) is 7.11. The van der Waals surface area contributed by atoms with Gasteiger partial charge in [-0.2, -0.15) is 5.10 Å². The molecule has 0 amide bonds. The molecule has 0 N–H and O–H groups in total. The fraction of sp³-hybridized carbons (Fsp3) is 0.600. The molecule has 2 aliphatic rings. The predicted molar refractivity (Wildman–Crippen MR) is 121 cm³/mol. The zero-order valence-corrected chi connectivity index (χ0v) is 19.5. The Labute approximate surface area is 189 Å². The number of carbonyl (C=O) groups is 1. The average Bonchev–Trinajstić information content (AvgIpc) is 3.51. The van der Waals surface area contributed by atoms with E-state index in [2.05, 4.69) is 17.1 Å². The Morgan fingerprint density at radius 2 is 2.00 bits per heavy atom. The molecule has 172 valence electrons. The van der Waals surface area contributed by atoms with Gasteiger partial charge in [0, 0.05) is 17.5 Å². The number of pyridine rings is 1. The first-order valence-electron chi connectivity index (χ1n) is 11.6. The third-order valence-corrected chi connectivity index (χ3v) is 6.94. The molecule has 7 nitrogen and oxygen atoms in total. The van der Waals surface area contributed by atoms with Crippen LogP contribution in [0.1, 0.15) is 64.5 Å². The van der Waals surface area contributed by atoms with Crippen molar-refractivity contribution in [3.05, 3.63) is 30.1 Å². The summed E-state index contributed by atoms with van der Waals surface area (Å²) in [4.78, 5) is 17.3. The van der Waals surface area contributed by atoms with Crippen LogP contribution in [-0.4, -0.2) is 41.5 Å². The second-order valence-corrected chi connectivity index (χ2v) is 9.40. The first-order chi connectivity index (χ1) is 15.4. The van der Waals surface area contributed by atoms with Crippen LogP contribution in [0.15, 0.2) is 24.4 Å². The molecule has 0 bridgehead atoms. The van der Waals surface area contributed by atoms with Crippen molar-refractivity contribution in [1.82, 2.24) is 15.2 Å². The molecule has 7 heteroatoms. The van der Waals surface area contributed by atoms with Crippen LogP contribution in [0.4, 0.5) is 0 Å². The van der Waals surface area contributed by atoms with E-state index < -0.39 is 5.41 Å². The molecule has 0 spiro atoms. The topological polar surface area (TPSA) is 83.4 Å². The molecule has 0 radical (unpaired) electrons. The molecule has 0 aliphatic heterocycles. The molecule has 2 aromatic rings. The molecule has 2 aliphatic carbocycles. The Balaban J connectivity index is 1.50. The van der Waals surface area contributed by atoms with Crippen LogP contribution in [-0.2, 0) is 9.53 Å². The lowest BCUT2D eigenvalue weighted by Gasteiger charge is -2.25. The van der Waals surface area contributed by atoms with Crippen molar-refractivity contribution in [2.24, 2.45) is 17.3 Å². The van der Waals surface area contributed by atoms with Crippen LogP contribution < -0.4 is 9.47 Å². The van der Waals surface area contributed by atoms with Gasteiger partial charge in [-0.25, -0.2) is 4.98 Å². The van der Waals surface area contributed by atoms with Gasteiger partial charge in [0.25, 0.3) is 0 Å². The maximum atomic E-state index is 12.4. The van der Waals surface area contributed by atoms with Crippen molar-refractivity contribution >= 4 is 5.97 Å². The molecule has 4 rings (SSSR count). The van der Waals surface area contributed by atoms with Crippen molar-refractivity contribution in [2.75, 3.05) is 20.3 Å². The van der Waals surface area contributed by atoms with Gasteiger partial charge < -0.3 is 14.2 Å². The lowest BCUT2D eigenvalue weighted by Crippen LogP contribution is -2.19. The van der Waals surface area contributed by atoms with Gasteiger partial charge in [0.05, 0.1) is 43.3 Å². The average molecular weight is 440 g/mol. The maximum Gasteiger partial charge on any atom is 0.312 e. The third-order valence-electron chi connectivity index (χ3n) is 6.94. The van der Waals surface area contributed by atoms with Gasteiger partial charge in [0.15, 0.2) is 0 Å². The number of methoxy groups -OCH3 is 1. The standard InChI is InChI=1S/C25H33N3O4/c1-5-31-24(29)25(3)13-19(25)23-21(30-4)11-10-20(27-23)18-12-22(28-26-14-18)32-15-17-8-6-16(2)7-9-17/h10-12,14,16-17,19H,5-9,13,15H2,1-4H3/t16?,17?,19-,25+/m1/s1. The Bertz CT molecular complexity index is 958. The first kappa shape index (κ1) is 22.5. The molecule has 2 fully saturated rings. The summed E-state index contributed by atoms with van der Waals surface area (Å²) >= 11 is 0. The van der Waals surface area contributed by atoms with Crippen molar-refractivity contribution in [3.63, 3.8) is 0 Å². The minimum atomic E-state index is -0.558. The summed E-state index contributed by atoms with van der Waals surface area (Å²) in [6, 6.07) is 5.68. The van der Waals surface area contributed by atoms with Gasteiger partial charge in [-0.1, -0.05) is 19.8 Å². The summed E-state index contributed by atoms with van der Waals surface area (Å²) in [5, 5.41) is 8.28. The van der Waals surface area contributed by atoms with E-state index in [9.17, 15) is 4.79 Å².